The number of hydrogen-bond acceptors (Lipinski definition) is 8. The normalized spacial score (nSPS) is 20.5. The summed E-state index contributed by atoms with van der Waals surface area (Å²) in [4.78, 5) is 11.8. The molecule has 3 N–H and O–H groups in total. The highest BCUT2D eigenvalue weighted by Crippen LogP contribution is 2.43. The first-order chi connectivity index (χ1) is 17.2. The van der Waals surface area contributed by atoms with Crippen LogP contribution in [-0.4, -0.2) is 47.7 Å². The minimum absolute atomic E-state index is 0.0915. The number of carbonyl (C=O) groups excluding carboxylic acids is 1. The highest BCUT2D eigenvalue weighted by molar-refractivity contribution is 5.66. The summed E-state index contributed by atoms with van der Waals surface area (Å²) in [5.74, 6) is -0.190. The second-order valence-electron chi connectivity index (χ2n) is 9.42. The smallest absolute Gasteiger partial charge is 0.302 e. The molecule has 36 heavy (non-hydrogen) atoms. The number of hydrogen-bond donors (Lipinski definition) is 3. The molecule has 0 bridgehead atoms. The van der Waals surface area contributed by atoms with Crippen molar-refractivity contribution >= 4 is 5.97 Å². The molecule has 0 radical (unpaired) electrons. The lowest BCUT2D eigenvalue weighted by Crippen LogP contribution is -2.39. The van der Waals surface area contributed by atoms with Crippen molar-refractivity contribution in [2.24, 2.45) is 5.92 Å². The molecule has 0 saturated carbocycles. The topological polar surface area (TPSA) is 115 Å². The van der Waals surface area contributed by atoms with Gasteiger partial charge in [0.15, 0.2) is 23.0 Å². The van der Waals surface area contributed by atoms with Crippen molar-refractivity contribution in [2.75, 3.05) is 14.2 Å². The average molecular weight is 503 g/mol. The Labute approximate surface area is 212 Å². The van der Waals surface area contributed by atoms with Crippen LogP contribution in [0.15, 0.2) is 30.3 Å². The lowest BCUT2D eigenvalue weighted by Gasteiger charge is -2.39. The first-order valence-corrected chi connectivity index (χ1v) is 12.5. The molecule has 4 unspecified atom stereocenters. The number of aromatic hydroxyl groups is 3. The summed E-state index contributed by atoms with van der Waals surface area (Å²) in [7, 11) is 2.94. The molecule has 198 valence electrons. The van der Waals surface area contributed by atoms with E-state index in [-0.39, 0.29) is 47.1 Å². The van der Waals surface area contributed by atoms with Gasteiger partial charge in [-0.1, -0.05) is 32.3 Å². The first kappa shape index (κ1) is 27.5. The van der Waals surface area contributed by atoms with E-state index >= 15 is 0 Å². The fourth-order valence-electron chi connectivity index (χ4n) is 4.95. The summed E-state index contributed by atoms with van der Waals surface area (Å²) in [6.45, 7) is 3.56. The van der Waals surface area contributed by atoms with Gasteiger partial charge in [0, 0.05) is 19.8 Å². The van der Waals surface area contributed by atoms with E-state index in [4.69, 9.17) is 18.9 Å². The Morgan fingerprint density at radius 1 is 1.03 bits per heavy atom. The average Bonchev–Trinajstić information content (AvgIpc) is 2.85. The molecule has 1 aliphatic rings. The van der Waals surface area contributed by atoms with E-state index < -0.39 is 6.10 Å². The van der Waals surface area contributed by atoms with E-state index in [0.717, 1.165) is 31.2 Å². The number of benzene rings is 2. The van der Waals surface area contributed by atoms with Crippen LogP contribution in [0.1, 0.15) is 69.6 Å². The third-order valence-electron chi connectivity index (χ3n) is 6.76. The zero-order valence-electron chi connectivity index (χ0n) is 21.5. The molecule has 0 spiro atoms. The molecule has 2 aromatic carbocycles. The van der Waals surface area contributed by atoms with Crippen LogP contribution < -0.4 is 9.47 Å². The summed E-state index contributed by atoms with van der Waals surface area (Å²) < 4.78 is 22.8. The van der Waals surface area contributed by atoms with E-state index in [2.05, 4.69) is 6.92 Å². The Morgan fingerprint density at radius 3 is 2.44 bits per heavy atom. The Morgan fingerprint density at radius 2 is 1.78 bits per heavy atom. The number of unbranched alkanes of at least 4 members (excludes halogenated alkanes) is 2. The number of carbonyl (C=O) groups is 1. The van der Waals surface area contributed by atoms with Crippen LogP contribution in [0, 0.1) is 5.92 Å². The van der Waals surface area contributed by atoms with E-state index in [0.29, 0.717) is 30.6 Å². The van der Waals surface area contributed by atoms with Crippen molar-refractivity contribution in [3.63, 3.8) is 0 Å². The van der Waals surface area contributed by atoms with Crippen LogP contribution in [0.25, 0.3) is 0 Å². The Bertz CT molecular complexity index is 1020. The Hall–Kier alpha value is -3.13. The van der Waals surface area contributed by atoms with Gasteiger partial charge in [-0.05, 0) is 54.2 Å². The fourth-order valence-corrected chi connectivity index (χ4v) is 4.95. The van der Waals surface area contributed by atoms with Gasteiger partial charge in [-0.3, -0.25) is 4.79 Å². The van der Waals surface area contributed by atoms with Gasteiger partial charge in [0.2, 0.25) is 5.75 Å². The van der Waals surface area contributed by atoms with E-state index in [1.165, 1.54) is 27.2 Å². The molecule has 1 aliphatic heterocycles. The maximum Gasteiger partial charge on any atom is 0.302 e. The number of rotatable bonds is 11. The molecule has 0 aromatic heterocycles. The Kier molecular flexibility index (Phi) is 9.70. The quantitative estimate of drug-likeness (QED) is 0.212. The van der Waals surface area contributed by atoms with Gasteiger partial charge in [-0.25, -0.2) is 0 Å². The molecule has 0 aliphatic carbocycles. The lowest BCUT2D eigenvalue weighted by molar-refractivity contribution is -0.165. The molecule has 3 rings (SSSR count). The second kappa shape index (κ2) is 12.7. The maximum atomic E-state index is 11.8. The van der Waals surface area contributed by atoms with Crippen LogP contribution in [0.5, 0.6) is 28.7 Å². The van der Waals surface area contributed by atoms with Crippen molar-refractivity contribution in [1.82, 2.24) is 0 Å². The maximum absolute atomic E-state index is 11.8. The number of esters is 1. The van der Waals surface area contributed by atoms with Crippen LogP contribution in [0.2, 0.25) is 0 Å². The van der Waals surface area contributed by atoms with E-state index in [9.17, 15) is 20.1 Å². The van der Waals surface area contributed by atoms with Crippen molar-refractivity contribution in [3.05, 3.63) is 41.5 Å². The largest absolute Gasteiger partial charge is 0.504 e. The molecule has 4 atom stereocenters. The van der Waals surface area contributed by atoms with Crippen LogP contribution in [0.4, 0.5) is 0 Å². The molecular formula is C28H38O8. The lowest BCUT2D eigenvalue weighted by atomic mass is 9.83. The highest BCUT2D eigenvalue weighted by Gasteiger charge is 2.37. The summed E-state index contributed by atoms with van der Waals surface area (Å²) >= 11 is 0. The highest BCUT2D eigenvalue weighted by atomic mass is 16.6. The molecule has 1 saturated heterocycles. The number of phenols is 3. The van der Waals surface area contributed by atoms with Crippen LogP contribution in [0.3, 0.4) is 0 Å². The molecule has 0 amide bonds. The summed E-state index contributed by atoms with van der Waals surface area (Å²) in [5.41, 5.74) is 1.66. The van der Waals surface area contributed by atoms with Gasteiger partial charge in [0.25, 0.3) is 0 Å². The molecule has 1 heterocycles. The SMILES string of the molecule is CCCCCC(Cc1ccc(O)c(OC)c1)C1CC(OC(C)=O)CC(c2cc(O)c(O)c(OC)c2)O1. The van der Waals surface area contributed by atoms with Gasteiger partial charge in [-0.15, -0.1) is 0 Å². The van der Waals surface area contributed by atoms with Crippen molar-refractivity contribution in [2.45, 2.75) is 77.1 Å². The van der Waals surface area contributed by atoms with Gasteiger partial charge >= 0.3 is 5.97 Å². The minimum atomic E-state index is -0.462. The van der Waals surface area contributed by atoms with E-state index in [1.807, 2.05) is 12.1 Å². The van der Waals surface area contributed by atoms with Gasteiger partial charge in [-0.2, -0.15) is 0 Å². The number of phenolic OH excluding ortho intramolecular Hbond substituents is 3. The summed E-state index contributed by atoms with van der Waals surface area (Å²) in [5, 5.41) is 30.3. The molecule has 8 nitrogen and oxygen atoms in total. The summed E-state index contributed by atoms with van der Waals surface area (Å²) in [6.07, 6.45) is 4.81. The second-order valence-corrected chi connectivity index (χ2v) is 9.42. The van der Waals surface area contributed by atoms with E-state index in [1.54, 1.807) is 12.1 Å². The van der Waals surface area contributed by atoms with Crippen molar-refractivity contribution in [3.8, 4) is 28.7 Å². The third kappa shape index (κ3) is 6.97. The van der Waals surface area contributed by atoms with Crippen LogP contribution >= 0.6 is 0 Å². The zero-order valence-corrected chi connectivity index (χ0v) is 21.5. The fraction of sp³-hybridized carbons (Fsp3) is 0.536. The minimum Gasteiger partial charge on any atom is -0.504 e. The van der Waals surface area contributed by atoms with Crippen LogP contribution in [-0.2, 0) is 20.7 Å². The standard InChI is InChI=1S/C28H38O8/c1-5-6-7-8-19(11-18-9-10-22(30)26(12-18)33-3)24-15-21(35-17(2)29)16-25(36-24)20-13-23(31)28(32)27(14-20)34-4/h9-10,12-14,19,21,24-25,30-32H,5-8,11,15-16H2,1-4H3. The van der Waals surface area contributed by atoms with Crippen molar-refractivity contribution in [1.29, 1.82) is 0 Å². The molecule has 2 aromatic rings. The molecule has 1 fully saturated rings. The predicted molar refractivity (Wildman–Crippen MR) is 135 cm³/mol. The monoisotopic (exact) mass is 502 g/mol. The van der Waals surface area contributed by atoms with Gasteiger partial charge in [0.05, 0.1) is 26.4 Å². The zero-order chi connectivity index (χ0) is 26.2. The number of ether oxygens (including phenoxy) is 4. The number of methoxy groups -OCH3 is 2. The van der Waals surface area contributed by atoms with Gasteiger partial charge in [0.1, 0.15) is 6.10 Å². The molecule has 8 heteroatoms. The van der Waals surface area contributed by atoms with Crippen molar-refractivity contribution < 1.29 is 39.1 Å². The molecular weight excluding hydrogens is 464 g/mol. The third-order valence-corrected chi connectivity index (χ3v) is 6.76. The Balaban J connectivity index is 1.92. The van der Waals surface area contributed by atoms with Gasteiger partial charge < -0.3 is 34.3 Å². The first-order valence-electron chi connectivity index (χ1n) is 12.5. The summed E-state index contributed by atoms with van der Waals surface area (Å²) in [6, 6.07) is 8.47. The predicted octanol–water partition coefficient (Wildman–Crippen LogP) is 5.41.